The third kappa shape index (κ3) is 4.09. The molecule has 5 rings (SSSR count). The van der Waals surface area contributed by atoms with E-state index in [1.807, 2.05) is 18.2 Å². The van der Waals surface area contributed by atoms with Crippen molar-refractivity contribution in [2.45, 2.75) is 46.1 Å². The van der Waals surface area contributed by atoms with Crippen LogP contribution in [0.5, 0.6) is 0 Å². The Kier molecular flexibility index (Phi) is 5.67. The van der Waals surface area contributed by atoms with Gasteiger partial charge in [-0.1, -0.05) is 51.1 Å². The van der Waals surface area contributed by atoms with Crippen LogP contribution in [-0.2, 0) is 9.59 Å². The molecule has 0 unspecified atom stereocenters. The number of anilines is 2. The van der Waals surface area contributed by atoms with E-state index in [0.29, 0.717) is 46.7 Å². The van der Waals surface area contributed by atoms with Crippen molar-refractivity contribution in [3.05, 3.63) is 95.1 Å². The number of benzene rings is 2. The number of hydrogen-bond donors (Lipinski definition) is 1. The molecule has 2 heterocycles. The second-order valence-electron chi connectivity index (χ2n) is 9.92. The summed E-state index contributed by atoms with van der Waals surface area (Å²) in [6.07, 6.45) is 2.83. The number of amides is 1. The van der Waals surface area contributed by atoms with Gasteiger partial charge in [-0.15, -0.1) is 0 Å². The SMILES string of the molecule is CCC(=O)N1c2ccc(C(=O)c3ccccc3)cc2NC2=C(C(=O)CC(C)(C)C2)[C@@H]1c1ccco1. The van der Waals surface area contributed by atoms with E-state index >= 15 is 0 Å². The number of carbonyl (C=O) groups is 3. The highest BCUT2D eigenvalue weighted by molar-refractivity contribution is 6.11. The topological polar surface area (TPSA) is 79.6 Å². The number of carbonyl (C=O) groups excluding carboxylic acids is 3. The van der Waals surface area contributed by atoms with Crippen molar-refractivity contribution in [3.8, 4) is 0 Å². The Bertz CT molecular complexity index is 1340. The van der Waals surface area contributed by atoms with Crippen LogP contribution >= 0.6 is 0 Å². The van der Waals surface area contributed by atoms with Gasteiger partial charge in [0.1, 0.15) is 11.8 Å². The first-order chi connectivity index (χ1) is 16.8. The summed E-state index contributed by atoms with van der Waals surface area (Å²) in [7, 11) is 0. The first-order valence-electron chi connectivity index (χ1n) is 11.9. The zero-order valence-corrected chi connectivity index (χ0v) is 20.1. The van der Waals surface area contributed by atoms with Crippen molar-refractivity contribution in [1.29, 1.82) is 0 Å². The summed E-state index contributed by atoms with van der Waals surface area (Å²) >= 11 is 0. The van der Waals surface area contributed by atoms with Crippen molar-refractivity contribution in [1.82, 2.24) is 0 Å². The van der Waals surface area contributed by atoms with Gasteiger partial charge in [-0.3, -0.25) is 19.3 Å². The van der Waals surface area contributed by atoms with Crippen LogP contribution < -0.4 is 10.2 Å². The number of Topliss-reactive ketones (excluding diaryl/α,β-unsaturated/α-hetero) is 1. The largest absolute Gasteiger partial charge is 0.467 e. The zero-order valence-electron chi connectivity index (χ0n) is 20.1. The molecule has 0 saturated carbocycles. The minimum Gasteiger partial charge on any atom is -0.467 e. The zero-order chi connectivity index (χ0) is 24.7. The van der Waals surface area contributed by atoms with Gasteiger partial charge in [0, 0.05) is 35.2 Å². The van der Waals surface area contributed by atoms with Gasteiger partial charge in [0.2, 0.25) is 5.91 Å². The van der Waals surface area contributed by atoms with Crippen molar-refractivity contribution in [2.24, 2.45) is 5.41 Å². The normalized spacial score (nSPS) is 18.9. The maximum atomic E-state index is 13.5. The highest BCUT2D eigenvalue weighted by Gasteiger charge is 2.44. The maximum absolute atomic E-state index is 13.5. The Morgan fingerprint density at radius 3 is 2.49 bits per heavy atom. The van der Waals surface area contributed by atoms with Gasteiger partial charge >= 0.3 is 0 Å². The van der Waals surface area contributed by atoms with Gasteiger partial charge in [0.25, 0.3) is 0 Å². The molecule has 0 radical (unpaired) electrons. The van der Waals surface area contributed by atoms with E-state index in [2.05, 4.69) is 19.2 Å². The summed E-state index contributed by atoms with van der Waals surface area (Å²) in [5.74, 6) is 0.284. The lowest BCUT2D eigenvalue weighted by atomic mass is 9.74. The Labute approximate surface area is 204 Å². The average molecular weight is 469 g/mol. The molecule has 0 bridgehead atoms. The van der Waals surface area contributed by atoms with Gasteiger partial charge in [-0.2, -0.15) is 0 Å². The van der Waals surface area contributed by atoms with Crippen LogP contribution in [0, 0.1) is 5.41 Å². The van der Waals surface area contributed by atoms with E-state index in [-0.39, 0.29) is 29.3 Å². The van der Waals surface area contributed by atoms with Crippen LogP contribution in [0.1, 0.15) is 67.8 Å². The number of nitrogens with zero attached hydrogens (tertiary/aromatic N) is 1. The molecule has 1 aliphatic carbocycles. The number of fused-ring (bicyclic) bond motifs is 1. The van der Waals surface area contributed by atoms with Gasteiger partial charge in [0.15, 0.2) is 11.6 Å². The highest BCUT2D eigenvalue weighted by Crippen LogP contribution is 2.48. The predicted molar refractivity (Wildman–Crippen MR) is 134 cm³/mol. The maximum Gasteiger partial charge on any atom is 0.227 e. The van der Waals surface area contributed by atoms with E-state index in [9.17, 15) is 14.4 Å². The molecule has 1 aromatic heterocycles. The van der Waals surface area contributed by atoms with Gasteiger partial charge in [-0.25, -0.2) is 0 Å². The monoisotopic (exact) mass is 468 g/mol. The first kappa shape index (κ1) is 22.8. The molecular weight excluding hydrogens is 440 g/mol. The molecule has 1 atom stereocenters. The molecule has 178 valence electrons. The van der Waals surface area contributed by atoms with Gasteiger partial charge < -0.3 is 9.73 Å². The molecule has 0 saturated heterocycles. The molecule has 3 aromatic rings. The Morgan fingerprint density at radius 1 is 1.03 bits per heavy atom. The minimum absolute atomic E-state index is 0.00700. The van der Waals surface area contributed by atoms with E-state index in [4.69, 9.17) is 4.42 Å². The number of furan rings is 1. The van der Waals surface area contributed by atoms with Gasteiger partial charge in [-0.05, 0) is 42.2 Å². The van der Waals surface area contributed by atoms with Crippen molar-refractivity contribution in [2.75, 3.05) is 10.2 Å². The standard InChI is InChI=1S/C29H28N2O4/c1-4-25(33)31-22-13-12-19(28(34)18-9-6-5-7-10-18)15-20(22)30-21-16-29(2,3)17-23(32)26(21)27(31)24-11-8-14-35-24/h5-15,27,30H,4,16-17H2,1-3H3/t27-/m0/s1. The summed E-state index contributed by atoms with van der Waals surface area (Å²) in [6.45, 7) is 5.93. The molecule has 2 aromatic carbocycles. The third-order valence-electron chi connectivity index (χ3n) is 6.68. The van der Waals surface area contributed by atoms with E-state index in [1.54, 1.807) is 60.6 Å². The quantitative estimate of drug-likeness (QED) is 0.471. The molecule has 1 N–H and O–H groups in total. The summed E-state index contributed by atoms with van der Waals surface area (Å²) in [5, 5.41) is 3.47. The number of hydrogen-bond acceptors (Lipinski definition) is 5. The Morgan fingerprint density at radius 2 is 1.80 bits per heavy atom. The number of nitrogens with one attached hydrogen (secondary N) is 1. The van der Waals surface area contributed by atoms with Gasteiger partial charge in [0.05, 0.1) is 17.6 Å². The molecule has 6 nitrogen and oxygen atoms in total. The molecule has 1 amide bonds. The van der Waals surface area contributed by atoms with Crippen LogP contribution in [0.3, 0.4) is 0 Å². The Hall–Kier alpha value is -3.93. The third-order valence-corrected chi connectivity index (χ3v) is 6.68. The van der Waals surface area contributed by atoms with Crippen molar-refractivity contribution >= 4 is 28.8 Å². The summed E-state index contributed by atoms with van der Waals surface area (Å²) in [5.41, 5.74) is 3.41. The molecule has 6 heteroatoms. The molecule has 1 aliphatic heterocycles. The van der Waals surface area contributed by atoms with Crippen LogP contribution in [0.15, 0.2) is 82.6 Å². The fourth-order valence-corrected chi connectivity index (χ4v) is 5.10. The van der Waals surface area contributed by atoms with E-state index < -0.39 is 6.04 Å². The minimum atomic E-state index is -0.680. The molecule has 35 heavy (non-hydrogen) atoms. The predicted octanol–water partition coefficient (Wildman–Crippen LogP) is 6.06. The molecule has 0 fully saturated rings. The number of rotatable bonds is 4. The summed E-state index contributed by atoms with van der Waals surface area (Å²) < 4.78 is 5.78. The van der Waals surface area contributed by atoms with Crippen LogP contribution in [0.4, 0.5) is 11.4 Å². The van der Waals surface area contributed by atoms with Crippen LogP contribution in [0.25, 0.3) is 0 Å². The highest BCUT2D eigenvalue weighted by atomic mass is 16.3. The lowest BCUT2D eigenvalue weighted by molar-refractivity contribution is -0.119. The van der Waals surface area contributed by atoms with E-state index in [0.717, 1.165) is 5.70 Å². The van der Waals surface area contributed by atoms with Crippen molar-refractivity contribution < 1.29 is 18.8 Å². The lowest BCUT2D eigenvalue weighted by Gasteiger charge is -2.36. The fraction of sp³-hybridized carbons (Fsp3) is 0.276. The van der Waals surface area contributed by atoms with Crippen LogP contribution in [-0.4, -0.2) is 17.5 Å². The molecule has 0 spiro atoms. The van der Waals surface area contributed by atoms with Crippen LogP contribution in [0.2, 0.25) is 0 Å². The second kappa shape index (κ2) is 8.69. The number of allylic oxidation sites excluding steroid dienone is 1. The second-order valence-corrected chi connectivity index (χ2v) is 9.92. The summed E-state index contributed by atoms with van der Waals surface area (Å²) in [6, 6.07) is 17.3. The molecular formula is C29H28N2O4. The van der Waals surface area contributed by atoms with E-state index in [1.165, 1.54) is 0 Å². The molecule has 2 aliphatic rings. The Balaban J connectivity index is 1.72. The lowest BCUT2D eigenvalue weighted by Crippen LogP contribution is -2.39. The summed E-state index contributed by atoms with van der Waals surface area (Å²) in [4.78, 5) is 41.8. The first-order valence-corrected chi connectivity index (χ1v) is 11.9. The smallest absolute Gasteiger partial charge is 0.227 e. The van der Waals surface area contributed by atoms with Crippen molar-refractivity contribution in [3.63, 3.8) is 0 Å². The average Bonchev–Trinajstić information content (AvgIpc) is 3.32. The fourth-order valence-electron chi connectivity index (χ4n) is 5.10. The number of ketones is 2.